The van der Waals surface area contributed by atoms with Crippen molar-refractivity contribution in [3.63, 3.8) is 0 Å². The summed E-state index contributed by atoms with van der Waals surface area (Å²) >= 11 is 0. The van der Waals surface area contributed by atoms with Gasteiger partial charge in [0.25, 0.3) is 0 Å². The minimum Gasteiger partial charge on any atom is -0.478 e. The van der Waals surface area contributed by atoms with Crippen LogP contribution in [0.15, 0.2) is 48.5 Å². The van der Waals surface area contributed by atoms with Crippen molar-refractivity contribution in [2.24, 2.45) is 11.7 Å². The lowest BCUT2D eigenvalue weighted by molar-refractivity contribution is -0.115. The Morgan fingerprint density at radius 2 is 1.63 bits per heavy atom. The average molecular weight is 561 g/mol. The minimum absolute atomic E-state index is 0.0227. The molecule has 0 fully saturated rings. The van der Waals surface area contributed by atoms with Crippen LogP contribution in [0.3, 0.4) is 0 Å². The van der Waals surface area contributed by atoms with Crippen molar-refractivity contribution in [3.8, 4) is 11.1 Å². The van der Waals surface area contributed by atoms with E-state index in [0.717, 1.165) is 39.2 Å². The number of nitrogens with zero attached hydrogens (tertiary/aromatic N) is 1. The molecule has 1 heterocycles. The standard InChI is InChI=1S/C32H40N4O5/c1-19(2)15-27-26(18-34-31(40)41-32(4,5)6)29(22-9-7-21(17-33)8-10-22)25(20(3)35-27)16-28(37)36-24-13-11-23(12-14-24)30(38)39/h7-14,19H,15-18,33H2,1-6H3,(H,34,40)(H,36,37)(H,38,39). The van der Waals surface area contributed by atoms with Gasteiger partial charge in [-0.15, -0.1) is 0 Å². The lowest BCUT2D eigenvalue weighted by Crippen LogP contribution is -2.32. The number of rotatable bonds is 10. The first-order valence-corrected chi connectivity index (χ1v) is 13.7. The zero-order valence-electron chi connectivity index (χ0n) is 24.6. The Hall–Kier alpha value is -4.24. The number of pyridine rings is 1. The number of anilines is 1. The molecule has 9 nitrogen and oxygen atoms in total. The van der Waals surface area contributed by atoms with E-state index in [2.05, 4.69) is 24.5 Å². The summed E-state index contributed by atoms with van der Waals surface area (Å²) in [4.78, 5) is 42.0. The van der Waals surface area contributed by atoms with Gasteiger partial charge in [-0.2, -0.15) is 0 Å². The highest BCUT2D eigenvalue weighted by molar-refractivity contribution is 5.95. The molecule has 0 radical (unpaired) electrons. The number of nitrogens with two attached hydrogens (primary N) is 1. The van der Waals surface area contributed by atoms with Crippen LogP contribution in [0.25, 0.3) is 11.1 Å². The molecule has 0 saturated carbocycles. The third kappa shape index (κ3) is 8.88. The Morgan fingerprint density at radius 1 is 1.00 bits per heavy atom. The fraction of sp³-hybridized carbons (Fsp3) is 0.375. The average Bonchev–Trinajstić information content (AvgIpc) is 2.88. The third-order valence-corrected chi connectivity index (χ3v) is 6.33. The Morgan fingerprint density at radius 3 is 2.17 bits per heavy atom. The summed E-state index contributed by atoms with van der Waals surface area (Å²) in [6, 6.07) is 13.8. The van der Waals surface area contributed by atoms with Crippen LogP contribution in [-0.4, -0.2) is 33.7 Å². The molecule has 1 aromatic heterocycles. The lowest BCUT2D eigenvalue weighted by Gasteiger charge is -2.23. The smallest absolute Gasteiger partial charge is 0.407 e. The highest BCUT2D eigenvalue weighted by Gasteiger charge is 2.23. The third-order valence-electron chi connectivity index (χ3n) is 6.33. The summed E-state index contributed by atoms with van der Waals surface area (Å²) in [5.74, 6) is -1.01. The zero-order chi connectivity index (χ0) is 30.3. The van der Waals surface area contributed by atoms with Crippen LogP contribution in [0, 0.1) is 12.8 Å². The van der Waals surface area contributed by atoms with Crippen LogP contribution in [-0.2, 0) is 35.5 Å². The van der Waals surface area contributed by atoms with Gasteiger partial charge in [0.2, 0.25) is 5.91 Å². The first-order valence-electron chi connectivity index (χ1n) is 13.7. The Labute approximate surface area is 241 Å². The van der Waals surface area contributed by atoms with Crippen molar-refractivity contribution < 1.29 is 24.2 Å². The molecule has 0 aliphatic heterocycles. The summed E-state index contributed by atoms with van der Waals surface area (Å²) in [7, 11) is 0. The molecule has 218 valence electrons. The van der Waals surface area contributed by atoms with Gasteiger partial charge in [0, 0.05) is 35.7 Å². The van der Waals surface area contributed by atoms with E-state index in [4.69, 9.17) is 20.6 Å². The van der Waals surface area contributed by atoms with Crippen LogP contribution in [0.2, 0.25) is 0 Å². The number of ether oxygens (including phenoxy) is 1. The lowest BCUT2D eigenvalue weighted by atomic mass is 9.88. The predicted octanol–water partition coefficient (Wildman–Crippen LogP) is 5.62. The van der Waals surface area contributed by atoms with Gasteiger partial charge in [0.1, 0.15) is 5.60 Å². The van der Waals surface area contributed by atoms with Crippen LogP contribution in [0.1, 0.15) is 73.1 Å². The molecule has 0 bridgehead atoms. The van der Waals surface area contributed by atoms with E-state index in [1.54, 1.807) is 32.9 Å². The summed E-state index contributed by atoms with van der Waals surface area (Å²) < 4.78 is 5.48. The van der Waals surface area contributed by atoms with E-state index in [1.807, 2.05) is 31.2 Å². The molecule has 41 heavy (non-hydrogen) atoms. The molecule has 2 aromatic carbocycles. The van der Waals surface area contributed by atoms with Gasteiger partial charge in [0.15, 0.2) is 0 Å². The molecule has 0 atom stereocenters. The number of amides is 2. The first-order chi connectivity index (χ1) is 19.3. The number of carboxylic acid groups (broad SMARTS) is 1. The summed E-state index contributed by atoms with van der Waals surface area (Å²) in [5, 5.41) is 14.9. The first kappa shape index (κ1) is 31.3. The summed E-state index contributed by atoms with van der Waals surface area (Å²) in [6.45, 7) is 12.1. The van der Waals surface area contributed by atoms with E-state index < -0.39 is 17.7 Å². The maximum Gasteiger partial charge on any atom is 0.407 e. The van der Waals surface area contributed by atoms with Gasteiger partial charge in [0.05, 0.1) is 12.0 Å². The van der Waals surface area contributed by atoms with Gasteiger partial charge in [-0.25, -0.2) is 9.59 Å². The number of carboxylic acids is 1. The number of hydrogen-bond acceptors (Lipinski definition) is 6. The Bertz CT molecular complexity index is 1390. The quantitative estimate of drug-likeness (QED) is 0.252. The highest BCUT2D eigenvalue weighted by Crippen LogP contribution is 2.33. The number of nitrogens with one attached hydrogen (secondary N) is 2. The van der Waals surface area contributed by atoms with E-state index in [9.17, 15) is 14.4 Å². The molecular weight excluding hydrogens is 520 g/mol. The van der Waals surface area contributed by atoms with E-state index >= 15 is 0 Å². The highest BCUT2D eigenvalue weighted by atomic mass is 16.6. The van der Waals surface area contributed by atoms with Gasteiger partial charge < -0.3 is 26.2 Å². The molecule has 9 heteroatoms. The van der Waals surface area contributed by atoms with Crippen molar-refractivity contribution in [2.75, 3.05) is 5.32 Å². The number of benzene rings is 2. The second kappa shape index (κ2) is 13.4. The molecule has 0 unspecified atom stereocenters. The molecule has 0 spiro atoms. The van der Waals surface area contributed by atoms with Gasteiger partial charge >= 0.3 is 12.1 Å². The molecule has 3 rings (SSSR count). The normalized spacial score (nSPS) is 11.3. The van der Waals surface area contributed by atoms with E-state index in [-0.39, 0.29) is 24.4 Å². The van der Waals surface area contributed by atoms with Gasteiger partial charge in [-0.05, 0) is 86.6 Å². The molecule has 5 N–H and O–H groups in total. The molecule has 0 saturated heterocycles. The van der Waals surface area contributed by atoms with Crippen molar-refractivity contribution in [2.45, 2.75) is 73.1 Å². The molecular formula is C32H40N4O5. The van der Waals surface area contributed by atoms with Crippen molar-refractivity contribution >= 4 is 23.7 Å². The fourth-order valence-corrected chi connectivity index (χ4v) is 4.50. The maximum absolute atomic E-state index is 13.3. The molecule has 3 aromatic rings. The van der Waals surface area contributed by atoms with E-state index in [1.165, 1.54) is 12.1 Å². The summed E-state index contributed by atoms with van der Waals surface area (Å²) in [5.41, 5.74) is 11.6. The number of aromatic nitrogens is 1. The number of aryl methyl sites for hydroxylation is 1. The Kier molecular flexibility index (Phi) is 10.2. The van der Waals surface area contributed by atoms with Crippen molar-refractivity contribution in [1.29, 1.82) is 0 Å². The molecule has 0 aliphatic carbocycles. The number of alkyl carbamates (subject to hydrolysis) is 1. The minimum atomic E-state index is -1.04. The maximum atomic E-state index is 13.3. The van der Waals surface area contributed by atoms with Gasteiger partial charge in [-0.1, -0.05) is 38.1 Å². The predicted molar refractivity (Wildman–Crippen MR) is 160 cm³/mol. The SMILES string of the molecule is Cc1nc(CC(C)C)c(CNC(=O)OC(C)(C)C)c(-c2ccc(CN)cc2)c1CC(=O)Nc1ccc(C(=O)O)cc1. The van der Waals surface area contributed by atoms with Crippen LogP contribution >= 0.6 is 0 Å². The summed E-state index contributed by atoms with van der Waals surface area (Å²) in [6.07, 6.45) is 0.166. The van der Waals surface area contributed by atoms with Gasteiger partial charge in [-0.3, -0.25) is 9.78 Å². The number of hydrogen-bond donors (Lipinski definition) is 4. The second-order valence-corrected chi connectivity index (χ2v) is 11.4. The molecule has 2 amide bonds. The largest absolute Gasteiger partial charge is 0.478 e. The van der Waals surface area contributed by atoms with Crippen LogP contribution < -0.4 is 16.4 Å². The number of carbonyl (C=O) groups excluding carboxylic acids is 2. The number of aromatic carboxylic acids is 1. The fourth-order valence-electron chi connectivity index (χ4n) is 4.50. The van der Waals surface area contributed by atoms with E-state index in [0.29, 0.717) is 24.6 Å². The molecule has 0 aliphatic rings. The van der Waals surface area contributed by atoms with Crippen molar-refractivity contribution in [1.82, 2.24) is 10.3 Å². The second-order valence-electron chi connectivity index (χ2n) is 11.4. The topological polar surface area (TPSA) is 144 Å². The monoisotopic (exact) mass is 560 g/mol. The number of carbonyl (C=O) groups is 3. The van der Waals surface area contributed by atoms with Crippen molar-refractivity contribution in [3.05, 3.63) is 82.2 Å². The Balaban J connectivity index is 2.08. The van der Waals surface area contributed by atoms with Crippen LogP contribution in [0.4, 0.5) is 10.5 Å². The van der Waals surface area contributed by atoms with Crippen LogP contribution in [0.5, 0.6) is 0 Å². The zero-order valence-corrected chi connectivity index (χ0v) is 24.6.